The molecule has 0 fully saturated rings. The molecule has 2 N–H and O–H groups in total. The number of carbonyl (C=O) groups is 2. The van der Waals surface area contributed by atoms with Crippen molar-refractivity contribution in [3.8, 4) is 0 Å². The molecule has 0 unspecified atom stereocenters. The third-order valence-electron chi connectivity index (χ3n) is 3.17. The van der Waals surface area contributed by atoms with Crippen molar-refractivity contribution in [2.45, 2.75) is 6.54 Å². The van der Waals surface area contributed by atoms with E-state index in [1.807, 2.05) is 36.4 Å². The van der Waals surface area contributed by atoms with Gasteiger partial charge in [0.1, 0.15) is 0 Å². The standard InChI is InChI=1S/C17H14N4O2S/c22-14(13-9-5-2-6-10-13)19-17-21-20-16(24-17)15(23)18-11-12-7-3-1-4-8-12/h1-10H,11H2,(H,18,23)(H,19,21,22). The summed E-state index contributed by atoms with van der Waals surface area (Å²) in [6.07, 6.45) is 0. The maximum absolute atomic E-state index is 12.1. The number of nitrogens with one attached hydrogen (secondary N) is 2. The minimum atomic E-state index is -0.323. The Kier molecular flexibility index (Phi) is 4.93. The minimum Gasteiger partial charge on any atom is -0.346 e. The zero-order valence-corrected chi connectivity index (χ0v) is 13.4. The number of hydrogen-bond acceptors (Lipinski definition) is 5. The molecule has 0 atom stereocenters. The molecule has 7 heteroatoms. The molecule has 0 radical (unpaired) electrons. The van der Waals surface area contributed by atoms with Crippen LogP contribution in [0.15, 0.2) is 60.7 Å². The predicted octanol–water partition coefficient (Wildman–Crippen LogP) is 2.72. The maximum atomic E-state index is 12.1. The molecule has 1 aromatic heterocycles. The molecular weight excluding hydrogens is 324 g/mol. The van der Waals surface area contributed by atoms with Crippen molar-refractivity contribution in [1.82, 2.24) is 15.5 Å². The van der Waals surface area contributed by atoms with Crippen LogP contribution in [0.5, 0.6) is 0 Å². The van der Waals surface area contributed by atoms with E-state index in [4.69, 9.17) is 0 Å². The Balaban J connectivity index is 1.58. The number of nitrogens with zero attached hydrogens (tertiary/aromatic N) is 2. The number of aromatic nitrogens is 2. The Morgan fingerprint density at radius 1 is 0.875 bits per heavy atom. The first-order valence-electron chi connectivity index (χ1n) is 7.24. The van der Waals surface area contributed by atoms with Crippen molar-refractivity contribution < 1.29 is 9.59 Å². The Morgan fingerprint density at radius 3 is 2.25 bits per heavy atom. The number of rotatable bonds is 5. The third kappa shape index (κ3) is 4.02. The highest BCUT2D eigenvalue weighted by molar-refractivity contribution is 7.17. The van der Waals surface area contributed by atoms with Crippen LogP contribution in [0.25, 0.3) is 0 Å². The van der Waals surface area contributed by atoms with Gasteiger partial charge >= 0.3 is 0 Å². The summed E-state index contributed by atoms with van der Waals surface area (Å²) < 4.78 is 0. The number of anilines is 1. The fourth-order valence-corrected chi connectivity index (χ4v) is 2.63. The van der Waals surface area contributed by atoms with Crippen LogP contribution in [0.1, 0.15) is 25.7 Å². The number of benzene rings is 2. The Labute approximate surface area is 142 Å². The highest BCUT2D eigenvalue weighted by Crippen LogP contribution is 2.16. The van der Waals surface area contributed by atoms with Gasteiger partial charge in [-0.3, -0.25) is 14.9 Å². The SMILES string of the molecule is O=C(Nc1nnc(C(=O)NCc2ccccc2)s1)c1ccccc1. The molecule has 2 amide bonds. The maximum Gasteiger partial charge on any atom is 0.282 e. The summed E-state index contributed by atoms with van der Waals surface area (Å²) in [6.45, 7) is 0.408. The largest absolute Gasteiger partial charge is 0.346 e. The van der Waals surface area contributed by atoms with Crippen molar-refractivity contribution in [2.24, 2.45) is 0 Å². The lowest BCUT2D eigenvalue weighted by Gasteiger charge is -2.02. The van der Waals surface area contributed by atoms with Crippen LogP contribution in [0.2, 0.25) is 0 Å². The van der Waals surface area contributed by atoms with Crippen LogP contribution >= 0.6 is 11.3 Å². The predicted molar refractivity (Wildman–Crippen MR) is 91.9 cm³/mol. The van der Waals surface area contributed by atoms with Crippen LogP contribution in [-0.2, 0) is 6.54 Å². The molecule has 0 aliphatic heterocycles. The number of amides is 2. The van der Waals surface area contributed by atoms with Crippen LogP contribution in [0.4, 0.5) is 5.13 Å². The van der Waals surface area contributed by atoms with E-state index in [0.717, 1.165) is 16.9 Å². The van der Waals surface area contributed by atoms with Crippen LogP contribution in [-0.4, -0.2) is 22.0 Å². The first-order valence-corrected chi connectivity index (χ1v) is 8.06. The summed E-state index contributed by atoms with van der Waals surface area (Å²) in [5, 5.41) is 13.5. The number of carbonyl (C=O) groups excluding carboxylic acids is 2. The third-order valence-corrected chi connectivity index (χ3v) is 4.01. The second kappa shape index (κ2) is 7.47. The lowest BCUT2D eigenvalue weighted by atomic mass is 10.2. The summed E-state index contributed by atoms with van der Waals surface area (Å²) in [4.78, 5) is 24.1. The molecular formula is C17H14N4O2S. The highest BCUT2D eigenvalue weighted by Gasteiger charge is 2.14. The van der Waals surface area contributed by atoms with Crippen LogP contribution in [0.3, 0.4) is 0 Å². The highest BCUT2D eigenvalue weighted by atomic mass is 32.1. The molecule has 0 aliphatic rings. The normalized spacial score (nSPS) is 10.2. The molecule has 24 heavy (non-hydrogen) atoms. The van der Waals surface area contributed by atoms with E-state index < -0.39 is 0 Å². The number of hydrogen-bond donors (Lipinski definition) is 2. The molecule has 0 aliphatic carbocycles. The summed E-state index contributed by atoms with van der Waals surface area (Å²) in [7, 11) is 0. The Hall–Kier alpha value is -3.06. The monoisotopic (exact) mass is 338 g/mol. The van der Waals surface area contributed by atoms with Crippen LogP contribution in [0, 0.1) is 0 Å². The Morgan fingerprint density at radius 2 is 1.54 bits per heavy atom. The van der Waals surface area contributed by atoms with Crippen molar-refractivity contribution in [1.29, 1.82) is 0 Å². The first kappa shape index (κ1) is 15.8. The molecule has 0 bridgehead atoms. The van der Waals surface area contributed by atoms with Gasteiger partial charge in [-0.15, -0.1) is 10.2 Å². The van der Waals surface area contributed by atoms with E-state index in [0.29, 0.717) is 12.1 Å². The van der Waals surface area contributed by atoms with Gasteiger partial charge in [0.05, 0.1) is 0 Å². The molecule has 3 rings (SSSR count). The second-order valence-electron chi connectivity index (χ2n) is 4.90. The van der Waals surface area contributed by atoms with Crippen molar-refractivity contribution >= 4 is 28.3 Å². The summed E-state index contributed by atoms with van der Waals surface area (Å²) >= 11 is 1.03. The van der Waals surface area contributed by atoms with E-state index in [9.17, 15) is 9.59 Å². The van der Waals surface area contributed by atoms with E-state index in [2.05, 4.69) is 20.8 Å². The van der Waals surface area contributed by atoms with Gasteiger partial charge < -0.3 is 5.32 Å². The molecule has 6 nitrogen and oxygen atoms in total. The van der Waals surface area contributed by atoms with Gasteiger partial charge in [-0.1, -0.05) is 59.9 Å². The Bertz CT molecular complexity index is 834. The second-order valence-corrected chi connectivity index (χ2v) is 5.88. The summed E-state index contributed by atoms with van der Waals surface area (Å²) in [5.41, 5.74) is 1.51. The fourth-order valence-electron chi connectivity index (χ4n) is 1.98. The fraction of sp³-hybridized carbons (Fsp3) is 0.0588. The molecule has 3 aromatic rings. The zero-order valence-electron chi connectivity index (χ0n) is 12.6. The molecule has 1 heterocycles. The molecule has 0 spiro atoms. The summed E-state index contributed by atoms with van der Waals surface area (Å²) in [6, 6.07) is 18.3. The van der Waals surface area contributed by atoms with E-state index in [1.54, 1.807) is 24.3 Å². The quantitative estimate of drug-likeness (QED) is 0.749. The van der Waals surface area contributed by atoms with E-state index in [1.165, 1.54) is 0 Å². The first-order chi connectivity index (χ1) is 11.7. The smallest absolute Gasteiger partial charge is 0.282 e. The molecule has 0 saturated heterocycles. The van der Waals surface area contributed by atoms with Gasteiger partial charge in [0, 0.05) is 12.1 Å². The van der Waals surface area contributed by atoms with Gasteiger partial charge in [-0.25, -0.2) is 0 Å². The van der Waals surface area contributed by atoms with Gasteiger partial charge in [0.25, 0.3) is 11.8 Å². The lowest BCUT2D eigenvalue weighted by Crippen LogP contribution is -2.22. The van der Waals surface area contributed by atoms with Gasteiger partial charge in [-0.05, 0) is 17.7 Å². The van der Waals surface area contributed by atoms with Crippen LogP contribution < -0.4 is 10.6 Å². The van der Waals surface area contributed by atoms with E-state index >= 15 is 0 Å². The topological polar surface area (TPSA) is 84.0 Å². The van der Waals surface area contributed by atoms with Crippen molar-refractivity contribution in [2.75, 3.05) is 5.32 Å². The van der Waals surface area contributed by atoms with Gasteiger partial charge in [-0.2, -0.15) is 0 Å². The lowest BCUT2D eigenvalue weighted by molar-refractivity contribution is 0.0949. The van der Waals surface area contributed by atoms with Gasteiger partial charge in [0.15, 0.2) is 0 Å². The van der Waals surface area contributed by atoms with Gasteiger partial charge in [0.2, 0.25) is 10.1 Å². The minimum absolute atomic E-state index is 0.203. The molecule has 0 saturated carbocycles. The average Bonchev–Trinajstić information content (AvgIpc) is 3.10. The van der Waals surface area contributed by atoms with E-state index in [-0.39, 0.29) is 22.0 Å². The van der Waals surface area contributed by atoms with Crippen molar-refractivity contribution in [3.63, 3.8) is 0 Å². The average molecular weight is 338 g/mol. The summed E-state index contributed by atoms with van der Waals surface area (Å²) in [5.74, 6) is -0.612. The molecule has 120 valence electrons. The zero-order chi connectivity index (χ0) is 16.8. The molecule has 2 aromatic carbocycles. The van der Waals surface area contributed by atoms with Crippen molar-refractivity contribution in [3.05, 3.63) is 76.8 Å².